The predicted octanol–water partition coefficient (Wildman–Crippen LogP) is 1.73. The van der Waals surface area contributed by atoms with Gasteiger partial charge in [-0.2, -0.15) is 4.31 Å². The van der Waals surface area contributed by atoms with E-state index < -0.39 is 16.1 Å². The molecule has 0 unspecified atom stereocenters. The van der Waals surface area contributed by atoms with E-state index in [1.807, 2.05) is 18.2 Å². The van der Waals surface area contributed by atoms with Crippen molar-refractivity contribution >= 4 is 27.5 Å². The van der Waals surface area contributed by atoms with E-state index in [0.717, 1.165) is 12.8 Å². The van der Waals surface area contributed by atoms with E-state index in [9.17, 15) is 18.0 Å². The van der Waals surface area contributed by atoms with Crippen molar-refractivity contribution < 1.29 is 22.7 Å². The smallest absolute Gasteiger partial charge is 0.243 e. The Morgan fingerprint density at radius 1 is 1.09 bits per heavy atom. The molecule has 4 rings (SSSR count). The first-order valence-electron chi connectivity index (χ1n) is 11.2. The van der Waals surface area contributed by atoms with Gasteiger partial charge in [-0.1, -0.05) is 30.3 Å². The number of hydrogen-bond donors (Lipinski definition) is 1. The largest absolute Gasteiger partial charge is 0.379 e. The molecule has 0 aliphatic carbocycles. The summed E-state index contributed by atoms with van der Waals surface area (Å²) >= 11 is 0. The highest BCUT2D eigenvalue weighted by Gasteiger charge is 2.38. The molecule has 0 bridgehead atoms. The van der Waals surface area contributed by atoms with E-state index in [0.29, 0.717) is 44.1 Å². The van der Waals surface area contributed by atoms with E-state index in [4.69, 9.17) is 4.74 Å². The van der Waals surface area contributed by atoms with Gasteiger partial charge in [-0.05, 0) is 42.2 Å². The first-order valence-corrected chi connectivity index (χ1v) is 12.6. The van der Waals surface area contributed by atoms with Crippen molar-refractivity contribution in [3.8, 4) is 0 Å². The Morgan fingerprint density at radius 3 is 2.52 bits per heavy atom. The van der Waals surface area contributed by atoms with Crippen LogP contribution in [0.15, 0.2) is 53.4 Å². The Morgan fingerprint density at radius 2 is 1.82 bits per heavy atom. The number of nitrogens with one attached hydrogen (secondary N) is 1. The average Bonchev–Trinajstić information content (AvgIpc) is 3.22. The molecule has 2 aromatic carbocycles. The summed E-state index contributed by atoms with van der Waals surface area (Å²) in [6.45, 7) is 3.29. The van der Waals surface area contributed by atoms with Crippen molar-refractivity contribution in [2.24, 2.45) is 0 Å². The minimum atomic E-state index is -3.65. The molecular formula is C24H29N3O5S. The van der Waals surface area contributed by atoms with Crippen LogP contribution in [0.25, 0.3) is 0 Å². The Labute approximate surface area is 194 Å². The molecule has 2 amide bonds. The van der Waals surface area contributed by atoms with Gasteiger partial charge in [0.1, 0.15) is 6.04 Å². The van der Waals surface area contributed by atoms with E-state index in [1.54, 1.807) is 12.1 Å². The van der Waals surface area contributed by atoms with Crippen molar-refractivity contribution in [1.82, 2.24) is 9.62 Å². The zero-order valence-corrected chi connectivity index (χ0v) is 19.5. The van der Waals surface area contributed by atoms with Gasteiger partial charge in [-0.3, -0.25) is 14.5 Å². The summed E-state index contributed by atoms with van der Waals surface area (Å²) in [5.74, 6) is -0.478. The van der Waals surface area contributed by atoms with Crippen molar-refractivity contribution in [2.75, 3.05) is 37.7 Å². The standard InChI is InChI=1S/C24H29N3O5S/c1-18(28)27-22-10-9-21(33(30,31)26-12-14-32-15-13-26)16-20(22)17-23(27)24(29)25-11-5-8-19-6-3-2-4-7-19/h2-4,6-7,9-10,16,23H,5,8,11-15,17H2,1H3,(H,25,29)/t23-/m1/s1. The van der Waals surface area contributed by atoms with Gasteiger partial charge in [0.15, 0.2) is 0 Å². The first kappa shape index (κ1) is 23.4. The van der Waals surface area contributed by atoms with Gasteiger partial charge < -0.3 is 10.1 Å². The summed E-state index contributed by atoms with van der Waals surface area (Å²) in [7, 11) is -3.65. The molecule has 1 N–H and O–H groups in total. The fourth-order valence-corrected chi connectivity index (χ4v) is 5.85. The number of morpholine rings is 1. The minimum absolute atomic E-state index is 0.176. The highest BCUT2D eigenvalue weighted by atomic mass is 32.2. The molecule has 2 aliphatic heterocycles. The summed E-state index contributed by atoms with van der Waals surface area (Å²) in [5.41, 5.74) is 2.48. The normalized spacial score (nSPS) is 18.7. The molecule has 1 fully saturated rings. The molecule has 2 heterocycles. The topological polar surface area (TPSA) is 96.0 Å². The van der Waals surface area contributed by atoms with Crippen LogP contribution in [0, 0.1) is 0 Å². The number of benzene rings is 2. The zero-order valence-electron chi connectivity index (χ0n) is 18.7. The number of sulfonamides is 1. The number of anilines is 1. The summed E-state index contributed by atoms with van der Waals surface area (Å²) < 4.78 is 32.7. The molecular weight excluding hydrogens is 442 g/mol. The van der Waals surface area contributed by atoms with E-state index in [-0.39, 0.29) is 23.1 Å². The van der Waals surface area contributed by atoms with Crippen LogP contribution in [0.5, 0.6) is 0 Å². The van der Waals surface area contributed by atoms with Gasteiger partial charge in [0, 0.05) is 38.7 Å². The predicted molar refractivity (Wildman–Crippen MR) is 124 cm³/mol. The van der Waals surface area contributed by atoms with Gasteiger partial charge in [0.05, 0.1) is 18.1 Å². The number of aryl methyl sites for hydroxylation is 1. The second-order valence-electron chi connectivity index (χ2n) is 8.30. The number of carbonyl (C=O) groups excluding carboxylic acids is 2. The third-order valence-corrected chi connectivity index (χ3v) is 7.96. The first-order chi connectivity index (χ1) is 15.9. The van der Waals surface area contributed by atoms with Crippen LogP contribution < -0.4 is 10.2 Å². The Kier molecular flexibility index (Phi) is 7.11. The molecule has 0 radical (unpaired) electrons. The van der Waals surface area contributed by atoms with Crippen LogP contribution in [0.4, 0.5) is 5.69 Å². The maximum Gasteiger partial charge on any atom is 0.243 e. The number of amides is 2. The van der Waals surface area contributed by atoms with Crippen molar-refractivity contribution in [3.05, 3.63) is 59.7 Å². The fourth-order valence-electron chi connectivity index (χ4n) is 4.39. The quantitative estimate of drug-likeness (QED) is 0.621. The van der Waals surface area contributed by atoms with E-state index >= 15 is 0 Å². The monoisotopic (exact) mass is 471 g/mol. The number of nitrogens with zero attached hydrogens (tertiary/aromatic N) is 2. The lowest BCUT2D eigenvalue weighted by molar-refractivity contribution is -0.125. The maximum absolute atomic E-state index is 13.0. The Bertz CT molecular complexity index is 1110. The maximum atomic E-state index is 13.0. The molecule has 1 atom stereocenters. The molecule has 0 aromatic heterocycles. The van der Waals surface area contributed by atoms with Crippen molar-refractivity contribution in [2.45, 2.75) is 37.1 Å². The molecule has 1 saturated heterocycles. The lowest BCUT2D eigenvalue weighted by Gasteiger charge is -2.26. The van der Waals surface area contributed by atoms with E-state index in [2.05, 4.69) is 17.4 Å². The second kappa shape index (κ2) is 10.0. The number of rotatable bonds is 7. The van der Waals surface area contributed by atoms with Crippen LogP contribution >= 0.6 is 0 Å². The number of fused-ring (bicyclic) bond motifs is 1. The number of ether oxygens (including phenoxy) is 1. The molecule has 2 aliphatic rings. The third-order valence-electron chi connectivity index (χ3n) is 6.07. The van der Waals surface area contributed by atoms with Gasteiger partial charge in [-0.25, -0.2) is 8.42 Å². The SMILES string of the molecule is CC(=O)N1c2ccc(S(=O)(=O)N3CCOCC3)cc2C[C@@H]1C(=O)NCCCc1ccccc1. The Hall–Kier alpha value is -2.75. The molecule has 0 spiro atoms. The van der Waals surface area contributed by atoms with Crippen LogP contribution in [-0.2, 0) is 37.2 Å². The van der Waals surface area contributed by atoms with Crippen LogP contribution in [0.3, 0.4) is 0 Å². The van der Waals surface area contributed by atoms with Gasteiger partial charge in [0.25, 0.3) is 0 Å². The molecule has 0 saturated carbocycles. The summed E-state index contributed by atoms with van der Waals surface area (Å²) in [6.07, 6.45) is 1.93. The van der Waals surface area contributed by atoms with E-state index in [1.165, 1.54) is 27.8 Å². The summed E-state index contributed by atoms with van der Waals surface area (Å²) in [5, 5.41) is 2.94. The number of hydrogen-bond acceptors (Lipinski definition) is 5. The minimum Gasteiger partial charge on any atom is -0.379 e. The van der Waals surface area contributed by atoms with Gasteiger partial charge in [0.2, 0.25) is 21.8 Å². The van der Waals surface area contributed by atoms with Crippen LogP contribution in [0.1, 0.15) is 24.5 Å². The summed E-state index contributed by atoms with van der Waals surface area (Å²) in [6, 6.07) is 14.1. The zero-order chi connectivity index (χ0) is 23.4. The van der Waals surface area contributed by atoms with Crippen LogP contribution in [-0.4, -0.2) is 63.4 Å². The van der Waals surface area contributed by atoms with Crippen molar-refractivity contribution in [1.29, 1.82) is 0 Å². The van der Waals surface area contributed by atoms with Crippen LogP contribution in [0.2, 0.25) is 0 Å². The lowest BCUT2D eigenvalue weighted by Crippen LogP contribution is -2.47. The number of carbonyl (C=O) groups is 2. The fraction of sp³-hybridized carbons (Fsp3) is 0.417. The molecule has 2 aromatic rings. The third kappa shape index (κ3) is 5.10. The van der Waals surface area contributed by atoms with Gasteiger partial charge in [-0.15, -0.1) is 0 Å². The lowest BCUT2D eigenvalue weighted by atomic mass is 10.1. The second-order valence-corrected chi connectivity index (χ2v) is 10.2. The summed E-state index contributed by atoms with van der Waals surface area (Å²) in [4.78, 5) is 26.9. The molecule has 8 nitrogen and oxygen atoms in total. The van der Waals surface area contributed by atoms with Crippen molar-refractivity contribution in [3.63, 3.8) is 0 Å². The van der Waals surface area contributed by atoms with Gasteiger partial charge >= 0.3 is 0 Å². The highest BCUT2D eigenvalue weighted by Crippen LogP contribution is 2.35. The molecule has 176 valence electrons. The molecule has 9 heteroatoms. The highest BCUT2D eigenvalue weighted by molar-refractivity contribution is 7.89. The molecule has 33 heavy (non-hydrogen) atoms. The average molecular weight is 472 g/mol. The Balaban J connectivity index is 1.44.